The number of aryl methyl sites for hydroxylation is 2. The van der Waals surface area contributed by atoms with Gasteiger partial charge in [0.2, 0.25) is 0 Å². The van der Waals surface area contributed by atoms with Crippen LogP contribution in [0, 0.1) is 13.8 Å². The number of benzene rings is 3. The molecule has 0 N–H and O–H groups in total. The second-order valence-electron chi connectivity index (χ2n) is 9.30. The fourth-order valence-electron chi connectivity index (χ4n) is 3.87. The van der Waals surface area contributed by atoms with E-state index in [1.807, 2.05) is 32.0 Å². The van der Waals surface area contributed by atoms with Gasteiger partial charge in [0.1, 0.15) is 23.0 Å². The van der Waals surface area contributed by atoms with Gasteiger partial charge in [-0.3, -0.25) is 14.5 Å². The van der Waals surface area contributed by atoms with Crippen LogP contribution in [0.1, 0.15) is 42.0 Å². The van der Waals surface area contributed by atoms with Crippen LogP contribution < -0.4 is 8.92 Å². The van der Waals surface area contributed by atoms with Gasteiger partial charge in [-0.1, -0.05) is 55.8 Å². The first-order chi connectivity index (χ1) is 18.0. The van der Waals surface area contributed by atoms with Crippen molar-refractivity contribution in [3.8, 4) is 11.5 Å². The molecule has 1 fully saturated rings. The van der Waals surface area contributed by atoms with Crippen LogP contribution in [0.15, 0.2) is 76.5 Å². The molecule has 0 radical (unpaired) electrons. The van der Waals surface area contributed by atoms with Crippen LogP contribution in [0.2, 0.25) is 0 Å². The monoisotopic (exact) mass is 551 g/mol. The summed E-state index contributed by atoms with van der Waals surface area (Å²) in [4.78, 5) is 27.0. The predicted molar refractivity (Wildman–Crippen MR) is 149 cm³/mol. The van der Waals surface area contributed by atoms with Gasteiger partial charge >= 0.3 is 10.1 Å². The average Bonchev–Trinajstić information content (AvgIpc) is 3.11. The van der Waals surface area contributed by atoms with Gasteiger partial charge in [0, 0.05) is 0 Å². The topological polar surface area (TPSA) is 90.0 Å². The Morgan fingerprint density at radius 3 is 2.37 bits per heavy atom. The normalized spacial score (nSPS) is 15.0. The Hall–Kier alpha value is -3.56. The molecule has 0 aromatic heterocycles. The van der Waals surface area contributed by atoms with Crippen molar-refractivity contribution in [2.75, 3.05) is 13.2 Å². The fraction of sp³-hybridized carbons (Fsp3) is 0.241. The van der Waals surface area contributed by atoms with E-state index < -0.39 is 16.0 Å². The molecule has 0 saturated carbocycles. The highest BCUT2D eigenvalue weighted by Gasteiger charge is 2.35. The molecule has 9 heteroatoms. The number of carbonyl (C=O) groups excluding carboxylic acids is 2. The third-order valence-electron chi connectivity index (χ3n) is 5.91. The van der Waals surface area contributed by atoms with Crippen LogP contribution >= 0.6 is 11.8 Å². The summed E-state index contributed by atoms with van der Waals surface area (Å²) in [5.74, 6) is 0.707. The lowest BCUT2D eigenvalue weighted by Crippen LogP contribution is -2.32. The van der Waals surface area contributed by atoms with Crippen LogP contribution in [-0.2, 0) is 14.9 Å². The van der Waals surface area contributed by atoms with Crippen LogP contribution in [0.5, 0.6) is 11.5 Å². The lowest BCUT2D eigenvalue weighted by Gasteiger charge is -2.17. The molecule has 0 unspecified atom stereocenters. The van der Waals surface area contributed by atoms with E-state index in [0.29, 0.717) is 5.56 Å². The van der Waals surface area contributed by atoms with Crippen molar-refractivity contribution in [3.05, 3.63) is 93.9 Å². The molecule has 0 spiro atoms. The van der Waals surface area contributed by atoms with Gasteiger partial charge < -0.3 is 8.92 Å². The van der Waals surface area contributed by atoms with Crippen molar-refractivity contribution < 1.29 is 26.9 Å². The van der Waals surface area contributed by atoms with Gasteiger partial charge in [0.15, 0.2) is 0 Å². The Morgan fingerprint density at radius 1 is 0.947 bits per heavy atom. The Labute approximate surface area is 227 Å². The predicted octanol–water partition coefficient (Wildman–Crippen LogP) is 6.31. The minimum atomic E-state index is -4.02. The number of rotatable bonds is 9. The van der Waals surface area contributed by atoms with E-state index in [0.717, 1.165) is 39.1 Å². The van der Waals surface area contributed by atoms with E-state index in [1.54, 1.807) is 30.3 Å². The molecule has 1 aliphatic rings. The summed E-state index contributed by atoms with van der Waals surface area (Å²) < 4.78 is 36.5. The molecule has 1 aliphatic heterocycles. The summed E-state index contributed by atoms with van der Waals surface area (Å²) in [5.41, 5.74) is 3.60. The number of imide groups is 1. The number of hydrogen-bond donors (Lipinski definition) is 0. The largest absolute Gasteiger partial charge is 0.491 e. The summed E-state index contributed by atoms with van der Waals surface area (Å²) in [6, 6.07) is 18.7. The first-order valence-corrected chi connectivity index (χ1v) is 14.4. The fourth-order valence-corrected chi connectivity index (χ4v) is 5.66. The van der Waals surface area contributed by atoms with Crippen molar-refractivity contribution in [3.63, 3.8) is 0 Å². The Kier molecular flexibility index (Phi) is 8.28. The third kappa shape index (κ3) is 6.46. The third-order valence-corrected chi connectivity index (χ3v) is 8.08. The zero-order chi connectivity index (χ0) is 27.4. The lowest BCUT2D eigenvalue weighted by atomic mass is 10.0. The molecule has 4 rings (SSSR count). The van der Waals surface area contributed by atoms with Gasteiger partial charge in [0.25, 0.3) is 11.1 Å². The van der Waals surface area contributed by atoms with Crippen LogP contribution in [0.25, 0.3) is 6.08 Å². The smallest absolute Gasteiger partial charge is 0.339 e. The number of ether oxygens (including phenoxy) is 1. The van der Waals surface area contributed by atoms with Crippen LogP contribution in [0.3, 0.4) is 0 Å². The number of nitrogens with zero attached hydrogens (tertiary/aromatic N) is 1. The van der Waals surface area contributed by atoms with Crippen molar-refractivity contribution in [2.45, 2.75) is 38.5 Å². The highest BCUT2D eigenvalue weighted by atomic mass is 32.2. The van der Waals surface area contributed by atoms with E-state index in [4.69, 9.17) is 8.92 Å². The van der Waals surface area contributed by atoms with Crippen LogP contribution in [0.4, 0.5) is 4.79 Å². The molecule has 0 aliphatic carbocycles. The molecule has 1 saturated heterocycles. The highest BCUT2D eigenvalue weighted by molar-refractivity contribution is 8.18. The van der Waals surface area contributed by atoms with Crippen LogP contribution in [-0.4, -0.2) is 37.6 Å². The summed E-state index contributed by atoms with van der Waals surface area (Å²) in [6.07, 6.45) is 1.55. The molecule has 3 aromatic rings. The zero-order valence-corrected chi connectivity index (χ0v) is 23.3. The molecule has 3 aromatic carbocycles. The van der Waals surface area contributed by atoms with E-state index in [-0.39, 0.29) is 39.9 Å². The second kappa shape index (κ2) is 11.4. The molecule has 7 nitrogen and oxygen atoms in total. The molecule has 198 valence electrons. The second-order valence-corrected chi connectivity index (χ2v) is 11.8. The number of amides is 2. The van der Waals surface area contributed by atoms with E-state index >= 15 is 0 Å². The number of thioether (sulfide) groups is 1. The average molecular weight is 552 g/mol. The van der Waals surface area contributed by atoms with Crippen molar-refractivity contribution in [2.24, 2.45) is 0 Å². The van der Waals surface area contributed by atoms with E-state index in [1.165, 1.54) is 24.3 Å². The van der Waals surface area contributed by atoms with Gasteiger partial charge in [-0.25, -0.2) is 0 Å². The lowest BCUT2D eigenvalue weighted by molar-refractivity contribution is -0.123. The maximum Gasteiger partial charge on any atom is 0.339 e. The highest BCUT2D eigenvalue weighted by Crippen LogP contribution is 2.33. The summed E-state index contributed by atoms with van der Waals surface area (Å²) in [5, 5.41) is -0.382. The first-order valence-electron chi connectivity index (χ1n) is 12.1. The molecule has 0 bridgehead atoms. The number of carbonyl (C=O) groups is 2. The molecular formula is C29H29NO6S2. The number of hydrogen-bond acceptors (Lipinski definition) is 7. The molecular weight excluding hydrogens is 522 g/mol. The maximum atomic E-state index is 13.0. The minimum absolute atomic E-state index is 0.0445. The first kappa shape index (κ1) is 27.5. The summed E-state index contributed by atoms with van der Waals surface area (Å²) >= 11 is 0.834. The van der Waals surface area contributed by atoms with Gasteiger partial charge in [-0.2, -0.15) is 8.42 Å². The Balaban J connectivity index is 1.43. The van der Waals surface area contributed by atoms with Crippen molar-refractivity contribution >= 4 is 39.1 Å². The summed E-state index contributed by atoms with van der Waals surface area (Å²) in [6.45, 7) is 8.30. The standard InChI is InChI=1S/C29H29NO6S2/c1-19(2)25-13-10-21(4)16-26(25)35-15-14-30-28(31)27(37-29(30)32)18-22-6-5-7-23(17-22)36-38(33,34)24-11-8-20(3)9-12-24/h5-13,16-19H,14-15H2,1-4H3/b27-18-. The maximum absolute atomic E-state index is 13.0. The SMILES string of the molecule is Cc1ccc(S(=O)(=O)Oc2cccc(/C=C3\SC(=O)N(CCOc4cc(C)ccc4C(C)C)C3=O)c2)cc1. The Morgan fingerprint density at radius 2 is 1.66 bits per heavy atom. The molecule has 38 heavy (non-hydrogen) atoms. The van der Waals surface area contributed by atoms with Gasteiger partial charge in [0.05, 0.1) is 11.4 Å². The van der Waals surface area contributed by atoms with Crippen molar-refractivity contribution in [1.29, 1.82) is 0 Å². The zero-order valence-electron chi connectivity index (χ0n) is 21.6. The quantitative estimate of drug-likeness (QED) is 0.227. The molecule has 2 amide bonds. The minimum Gasteiger partial charge on any atom is -0.491 e. The molecule has 1 heterocycles. The van der Waals surface area contributed by atoms with Gasteiger partial charge in [-0.15, -0.1) is 0 Å². The van der Waals surface area contributed by atoms with Crippen molar-refractivity contribution in [1.82, 2.24) is 4.90 Å². The summed E-state index contributed by atoms with van der Waals surface area (Å²) in [7, 11) is -4.02. The van der Waals surface area contributed by atoms with E-state index in [9.17, 15) is 18.0 Å². The van der Waals surface area contributed by atoms with Gasteiger partial charge in [-0.05, 0) is 84.6 Å². The Bertz CT molecular complexity index is 1490. The molecule has 0 atom stereocenters. The van der Waals surface area contributed by atoms with E-state index in [2.05, 4.69) is 13.8 Å².